The monoisotopic (exact) mass is 316 g/mol. The second-order valence-electron chi connectivity index (χ2n) is 7.16. The van der Waals surface area contributed by atoms with Gasteiger partial charge in [0.05, 0.1) is 6.10 Å². The Morgan fingerprint density at radius 1 is 1.39 bits per heavy atom. The zero-order valence-electron chi connectivity index (χ0n) is 14.3. The fraction of sp³-hybridized carbons (Fsp3) is 0.632. The van der Waals surface area contributed by atoms with Gasteiger partial charge in [0.2, 0.25) is 5.91 Å². The van der Waals surface area contributed by atoms with Crippen LogP contribution in [0.15, 0.2) is 18.2 Å². The number of anilines is 1. The number of piperidine rings is 1. The molecule has 0 bridgehead atoms. The van der Waals surface area contributed by atoms with E-state index in [0.29, 0.717) is 0 Å². The number of fused-ring (bicyclic) bond motifs is 1. The molecule has 1 N–H and O–H groups in total. The van der Waals surface area contributed by atoms with E-state index >= 15 is 0 Å². The van der Waals surface area contributed by atoms with Crippen molar-refractivity contribution in [3.05, 3.63) is 29.3 Å². The highest BCUT2D eigenvalue weighted by Crippen LogP contribution is 2.31. The van der Waals surface area contributed by atoms with Crippen LogP contribution < -0.4 is 4.90 Å². The molecule has 0 spiro atoms. The van der Waals surface area contributed by atoms with E-state index in [0.717, 1.165) is 56.2 Å². The molecule has 2 heterocycles. The number of carbonyl (C=O) groups excluding carboxylic acids is 1. The fourth-order valence-corrected chi connectivity index (χ4v) is 3.92. The number of hydrogen-bond acceptors (Lipinski definition) is 3. The summed E-state index contributed by atoms with van der Waals surface area (Å²) in [7, 11) is 0. The summed E-state index contributed by atoms with van der Waals surface area (Å²) in [6.45, 7) is 7.96. The lowest BCUT2D eigenvalue weighted by Crippen LogP contribution is -2.35. The van der Waals surface area contributed by atoms with Crippen molar-refractivity contribution in [1.82, 2.24) is 4.90 Å². The summed E-state index contributed by atoms with van der Waals surface area (Å²) in [6, 6.07) is 6.05. The number of amides is 1. The summed E-state index contributed by atoms with van der Waals surface area (Å²) >= 11 is 0. The number of likely N-dealkylation sites (tertiary alicyclic amines) is 1. The highest BCUT2D eigenvalue weighted by Gasteiger charge is 2.23. The minimum Gasteiger partial charge on any atom is -0.388 e. The van der Waals surface area contributed by atoms with Crippen molar-refractivity contribution in [3.63, 3.8) is 0 Å². The molecule has 1 aromatic rings. The SMILES string of the molecule is CC(=O)N1CCc2cc(C(O)CCN3CCCC(C)C3)ccc21. The zero-order chi connectivity index (χ0) is 16.4. The number of aliphatic hydroxyl groups is 1. The van der Waals surface area contributed by atoms with Crippen LogP contribution in [0.4, 0.5) is 5.69 Å². The normalized spacial score (nSPS) is 22.9. The molecule has 3 rings (SSSR count). The van der Waals surface area contributed by atoms with E-state index in [4.69, 9.17) is 0 Å². The van der Waals surface area contributed by atoms with E-state index in [2.05, 4.69) is 17.9 Å². The van der Waals surface area contributed by atoms with Gasteiger partial charge in [-0.1, -0.05) is 19.1 Å². The predicted molar refractivity (Wildman–Crippen MR) is 92.6 cm³/mol. The van der Waals surface area contributed by atoms with E-state index in [1.165, 1.54) is 18.4 Å². The number of rotatable bonds is 4. The van der Waals surface area contributed by atoms with Crippen LogP contribution >= 0.6 is 0 Å². The van der Waals surface area contributed by atoms with Crippen molar-refractivity contribution in [2.24, 2.45) is 5.92 Å². The molecule has 126 valence electrons. The van der Waals surface area contributed by atoms with E-state index < -0.39 is 6.10 Å². The van der Waals surface area contributed by atoms with Crippen molar-refractivity contribution < 1.29 is 9.90 Å². The molecule has 23 heavy (non-hydrogen) atoms. The van der Waals surface area contributed by atoms with Crippen LogP contribution in [-0.2, 0) is 11.2 Å². The molecule has 2 aliphatic heterocycles. The van der Waals surface area contributed by atoms with Crippen LogP contribution in [0.2, 0.25) is 0 Å². The minimum atomic E-state index is -0.413. The van der Waals surface area contributed by atoms with Crippen LogP contribution in [0.1, 0.15) is 50.3 Å². The van der Waals surface area contributed by atoms with Gasteiger partial charge in [-0.15, -0.1) is 0 Å². The molecule has 1 fully saturated rings. The average molecular weight is 316 g/mol. The Morgan fingerprint density at radius 2 is 2.22 bits per heavy atom. The van der Waals surface area contributed by atoms with Gasteiger partial charge in [-0.2, -0.15) is 0 Å². The first kappa shape index (κ1) is 16.5. The topological polar surface area (TPSA) is 43.8 Å². The number of carbonyl (C=O) groups is 1. The smallest absolute Gasteiger partial charge is 0.223 e. The molecule has 1 amide bonds. The van der Waals surface area contributed by atoms with E-state index in [-0.39, 0.29) is 5.91 Å². The van der Waals surface area contributed by atoms with Gasteiger partial charge in [0, 0.05) is 32.2 Å². The number of hydrogen-bond donors (Lipinski definition) is 1. The Hall–Kier alpha value is -1.39. The van der Waals surface area contributed by atoms with E-state index in [9.17, 15) is 9.90 Å². The van der Waals surface area contributed by atoms with Crippen LogP contribution in [0, 0.1) is 5.92 Å². The summed E-state index contributed by atoms with van der Waals surface area (Å²) in [5, 5.41) is 10.5. The van der Waals surface area contributed by atoms with Gasteiger partial charge in [-0.3, -0.25) is 4.79 Å². The largest absolute Gasteiger partial charge is 0.388 e. The molecule has 0 aliphatic carbocycles. The lowest BCUT2D eigenvalue weighted by molar-refractivity contribution is -0.116. The molecule has 2 atom stereocenters. The quantitative estimate of drug-likeness (QED) is 0.929. The van der Waals surface area contributed by atoms with Crippen molar-refractivity contribution in [2.75, 3.05) is 31.1 Å². The molecule has 1 aromatic carbocycles. The highest BCUT2D eigenvalue weighted by atomic mass is 16.3. The summed E-state index contributed by atoms with van der Waals surface area (Å²) in [6.07, 6.45) is 3.86. The van der Waals surface area contributed by atoms with Crippen LogP contribution in [0.25, 0.3) is 0 Å². The highest BCUT2D eigenvalue weighted by molar-refractivity contribution is 5.93. The van der Waals surface area contributed by atoms with E-state index in [1.807, 2.05) is 17.0 Å². The van der Waals surface area contributed by atoms with Gasteiger partial charge in [0.25, 0.3) is 0 Å². The van der Waals surface area contributed by atoms with Crippen LogP contribution in [0.5, 0.6) is 0 Å². The van der Waals surface area contributed by atoms with Crippen LogP contribution in [0.3, 0.4) is 0 Å². The van der Waals surface area contributed by atoms with Crippen molar-refractivity contribution in [3.8, 4) is 0 Å². The third-order valence-electron chi connectivity index (χ3n) is 5.22. The Bertz CT molecular complexity index is 572. The van der Waals surface area contributed by atoms with Crippen molar-refractivity contribution in [1.29, 1.82) is 0 Å². The molecule has 1 saturated heterocycles. The minimum absolute atomic E-state index is 0.0938. The Kier molecular flexibility index (Phi) is 5.02. The molecule has 0 radical (unpaired) electrons. The lowest BCUT2D eigenvalue weighted by atomic mass is 9.98. The molecule has 4 heteroatoms. The Balaban J connectivity index is 1.60. The predicted octanol–water partition coefficient (Wildman–Crippen LogP) is 2.75. The third-order valence-corrected chi connectivity index (χ3v) is 5.22. The molecule has 0 saturated carbocycles. The first-order chi connectivity index (χ1) is 11.0. The maximum absolute atomic E-state index is 11.6. The standard InChI is InChI=1S/C19H28N2O2/c1-14-4-3-9-20(13-14)10-8-19(23)17-5-6-18-16(12-17)7-11-21(18)15(2)22/h5-6,12,14,19,23H,3-4,7-11,13H2,1-2H3. The first-order valence-corrected chi connectivity index (χ1v) is 8.86. The maximum Gasteiger partial charge on any atom is 0.223 e. The summed E-state index contributed by atoms with van der Waals surface area (Å²) in [5.41, 5.74) is 3.18. The van der Waals surface area contributed by atoms with Crippen molar-refractivity contribution >= 4 is 11.6 Å². The third kappa shape index (κ3) is 3.75. The summed E-state index contributed by atoms with van der Waals surface area (Å²) in [4.78, 5) is 15.9. The molecule has 0 aromatic heterocycles. The first-order valence-electron chi connectivity index (χ1n) is 8.86. The molecule has 2 unspecified atom stereocenters. The van der Waals surface area contributed by atoms with Gasteiger partial charge >= 0.3 is 0 Å². The molecule has 4 nitrogen and oxygen atoms in total. The fourth-order valence-electron chi connectivity index (χ4n) is 3.92. The van der Waals surface area contributed by atoms with E-state index in [1.54, 1.807) is 6.92 Å². The Morgan fingerprint density at radius 3 is 2.96 bits per heavy atom. The maximum atomic E-state index is 11.6. The molecular formula is C19H28N2O2. The van der Waals surface area contributed by atoms with Gasteiger partial charge in [-0.25, -0.2) is 0 Å². The van der Waals surface area contributed by atoms with Gasteiger partial charge in [0.15, 0.2) is 0 Å². The zero-order valence-corrected chi connectivity index (χ0v) is 14.3. The van der Waals surface area contributed by atoms with Gasteiger partial charge < -0.3 is 14.9 Å². The number of benzene rings is 1. The number of nitrogens with zero attached hydrogens (tertiary/aromatic N) is 2. The van der Waals surface area contributed by atoms with Crippen molar-refractivity contribution in [2.45, 2.75) is 45.6 Å². The van der Waals surface area contributed by atoms with Gasteiger partial charge in [-0.05, 0) is 55.3 Å². The Labute approximate surface area is 139 Å². The second-order valence-corrected chi connectivity index (χ2v) is 7.16. The second kappa shape index (κ2) is 7.02. The number of aliphatic hydroxyl groups excluding tert-OH is 1. The lowest BCUT2D eigenvalue weighted by Gasteiger charge is -2.31. The van der Waals surface area contributed by atoms with Gasteiger partial charge in [0.1, 0.15) is 0 Å². The molecular weight excluding hydrogens is 288 g/mol. The van der Waals surface area contributed by atoms with Crippen LogP contribution in [-0.4, -0.2) is 42.1 Å². The molecule has 2 aliphatic rings. The summed E-state index contributed by atoms with van der Waals surface area (Å²) < 4.78 is 0. The summed E-state index contributed by atoms with van der Waals surface area (Å²) in [5.74, 6) is 0.870. The average Bonchev–Trinajstić information content (AvgIpc) is 2.96.